The number of benzene rings is 2. The van der Waals surface area contributed by atoms with Crippen LogP contribution in [0.25, 0.3) is 0 Å². The Kier molecular flexibility index (Phi) is 7.54. The second kappa shape index (κ2) is 10.2. The second-order valence-electron chi connectivity index (χ2n) is 5.41. The van der Waals surface area contributed by atoms with E-state index in [1.54, 1.807) is 12.2 Å². The summed E-state index contributed by atoms with van der Waals surface area (Å²) in [6.07, 6.45) is 3.29. The van der Waals surface area contributed by atoms with Crippen LogP contribution in [0.5, 0.6) is 0 Å². The summed E-state index contributed by atoms with van der Waals surface area (Å²) in [6, 6.07) is 19.4. The molecule has 0 saturated carbocycles. The van der Waals surface area contributed by atoms with E-state index in [2.05, 4.69) is 0 Å². The van der Waals surface area contributed by atoms with Gasteiger partial charge in [0.05, 0.1) is 5.76 Å². The van der Waals surface area contributed by atoms with Crippen molar-refractivity contribution in [1.82, 2.24) is 0 Å². The molecule has 2 aromatic carbocycles. The first-order valence-electron chi connectivity index (χ1n) is 7.97. The Morgan fingerprint density at radius 3 is 1.96 bits per heavy atom. The highest BCUT2D eigenvalue weighted by molar-refractivity contribution is 6.46. The molecule has 1 radical (unpaired) electrons. The van der Waals surface area contributed by atoms with Gasteiger partial charge in [-0.2, -0.15) is 0 Å². The SMILES string of the molecule is C/C(=C\C=C(\[B]O)C(=N)OCc1ccccc1)OCc1ccccc1. The normalized spacial score (nSPS) is 11.8. The molecule has 127 valence electrons. The third-order valence-electron chi connectivity index (χ3n) is 3.43. The van der Waals surface area contributed by atoms with Crippen LogP contribution in [0.4, 0.5) is 0 Å². The average molecular weight is 334 g/mol. The van der Waals surface area contributed by atoms with Gasteiger partial charge in [-0.15, -0.1) is 0 Å². The smallest absolute Gasteiger partial charge is 0.332 e. The van der Waals surface area contributed by atoms with Crippen molar-refractivity contribution < 1.29 is 14.5 Å². The summed E-state index contributed by atoms with van der Waals surface area (Å²) in [5, 5.41) is 17.3. The standard InChI is InChI=1S/C20H21BNO3/c1-16(24-14-17-8-4-2-5-9-17)12-13-19(21-23)20(22)25-15-18-10-6-3-7-11-18/h2-13,22-23H,14-15H2,1H3/b16-12+,19-13+,22-20?. The van der Waals surface area contributed by atoms with Gasteiger partial charge in [-0.25, -0.2) is 0 Å². The predicted octanol–water partition coefficient (Wildman–Crippen LogP) is 3.80. The number of allylic oxidation sites excluding steroid dienone is 3. The Balaban J connectivity index is 1.88. The minimum atomic E-state index is -0.0986. The van der Waals surface area contributed by atoms with Gasteiger partial charge in [-0.05, 0) is 24.1 Å². The number of hydrogen-bond acceptors (Lipinski definition) is 4. The zero-order chi connectivity index (χ0) is 17.9. The molecule has 0 aliphatic heterocycles. The first kappa shape index (κ1) is 18.6. The fourth-order valence-corrected chi connectivity index (χ4v) is 2.02. The highest BCUT2D eigenvalue weighted by Crippen LogP contribution is 2.08. The zero-order valence-electron chi connectivity index (χ0n) is 14.2. The molecule has 0 amide bonds. The molecule has 2 aromatic rings. The number of hydrogen-bond donors (Lipinski definition) is 2. The van der Waals surface area contributed by atoms with Crippen LogP contribution >= 0.6 is 0 Å². The molecule has 0 bridgehead atoms. The van der Waals surface area contributed by atoms with Crippen LogP contribution in [0.15, 0.2) is 84.0 Å². The first-order chi connectivity index (χ1) is 12.2. The largest absolute Gasteiger partial charge is 0.494 e. The van der Waals surface area contributed by atoms with Gasteiger partial charge in [0.2, 0.25) is 5.90 Å². The lowest BCUT2D eigenvalue weighted by molar-refractivity contribution is 0.201. The molecular weight excluding hydrogens is 313 g/mol. The monoisotopic (exact) mass is 334 g/mol. The maximum absolute atomic E-state index is 9.33. The number of rotatable bonds is 8. The topological polar surface area (TPSA) is 62.5 Å². The van der Waals surface area contributed by atoms with E-state index in [-0.39, 0.29) is 18.0 Å². The van der Waals surface area contributed by atoms with Crippen molar-refractivity contribution in [2.45, 2.75) is 20.1 Å². The van der Waals surface area contributed by atoms with Crippen LogP contribution in [0, 0.1) is 5.41 Å². The van der Waals surface area contributed by atoms with Crippen LogP contribution in [0.2, 0.25) is 0 Å². The van der Waals surface area contributed by atoms with Crippen molar-refractivity contribution >= 4 is 13.4 Å². The zero-order valence-corrected chi connectivity index (χ0v) is 14.2. The van der Waals surface area contributed by atoms with Crippen molar-refractivity contribution in [3.63, 3.8) is 0 Å². The molecule has 0 spiro atoms. The molecular formula is C20H21BNO3. The molecule has 0 unspecified atom stereocenters. The molecule has 0 aromatic heterocycles. The van der Waals surface area contributed by atoms with Crippen molar-refractivity contribution in [1.29, 1.82) is 5.41 Å². The fraction of sp³-hybridized carbons (Fsp3) is 0.150. The van der Waals surface area contributed by atoms with Gasteiger partial charge in [-0.1, -0.05) is 66.7 Å². The third-order valence-corrected chi connectivity index (χ3v) is 3.43. The van der Waals surface area contributed by atoms with Crippen molar-refractivity contribution in [3.8, 4) is 0 Å². The van der Waals surface area contributed by atoms with Gasteiger partial charge in [-0.3, -0.25) is 5.41 Å². The van der Waals surface area contributed by atoms with Gasteiger partial charge in [0, 0.05) is 5.47 Å². The lowest BCUT2D eigenvalue weighted by atomic mass is 9.87. The van der Waals surface area contributed by atoms with E-state index in [0.717, 1.165) is 18.6 Å². The lowest BCUT2D eigenvalue weighted by Gasteiger charge is -2.09. The van der Waals surface area contributed by atoms with E-state index < -0.39 is 0 Å². The molecule has 25 heavy (non-hydrogen) atoms. The van der Waals surface area contributed by atoms with Crippen LogP contribution in [0.3, 0.4) is 0 Å². The quantitative estimate of drug-likeness (QED) is 0.254. The molecule has 0 aliphatic rings. The van der Waals surface area contributed by atoms with E-state index >= 15 is 0 Å². The highest BCUT2D eigenvalue weighted by Gasteiger charge is 2.07. The molecule has 4 nitrogen and oxygen atoms in total. The molecule has 0 heterocycles. The van der Waals surface area contributed by atoms with E-state index in [9.17, 15) is 5.02 Å². The lowest BCUT2D eigenvalue weighted by Crippen LogP contribution is -2.12. The van der Waals surface area contributed by atoms with Gasteiger partial charge in [0.15, 0.2) is 0 Å². The average Bonchev–Trinajstić information content (AvgIpc) is 2.67. The molecule has 0 saturated heterocycles. The summed E-state index contributed by atoms with van der Waals surface area (Å²) in [4.78, 5) is 0. The van der Waals surface area contributed by atoms with Crippen LogP contribution < -0.4 is 0 Å². The third kappa shape index (κ3) is 6.69. The van der Waals surface area contributed by atoms with E-state index in [4.69, 9.17) is 14.9 Å². The summed E-state index contributed by atoms with van der Waals surface area (Å²) < 4.78 is 11.0. The molecule has 0 atom stereocenters. The van der Waals surface area contributed by atoms with Gasteiger partial charge in [0.25, 0.3) is 0 Å². The molecule has 0 fully saturated rings. The van der Waals surface area contributed by atoms with Crippen molar-refractivity contribution in [2.75, 3.05) is 0 Å². The first-order valence-corrected chi connectivity index (χ1v) is 7.97. The van der Waals surface area contributed by atoms with Gasteiger partial charge in [0.1, 0.15) is 13.2 Å². The van der Waals surface area contributed by atoms with E-state index in [0.29, 0.717) is 12.4 Å². The van der Waals surface area contributed by atoms with Gasteiger partial charge < -0.3 is 14.5 Å². The summed E-state index contributed by atoms with van der Waals surface area (Å²) in [5.74, 6) is 0.581. The van der Waals surface area contributed by atoms with E-state index in [1.807, 2.05) is 67.6 Å². The Labute approximate surface area is 149 Å². The Morgan fingerprint density at radius 2 is 1.44 bits per heavy atom. The molecule has 0 aliphatic carbocycles. The Hall–Kier alpha value is -2.79. The molecule has 2 rings (SSSR count). The fourth-order valence-electron chi connectivity index (χ4n) is 2.02. The van der Waals surface area contributed by atoms with Crippen molar-refractivity contribution in [3.05, 3.63) is 95.2 Å². The summed E-state index contributed by atoms with van der Waals surface area (Å²) >= 11 is 0. The highest BCUT2D eigenvalue weighted by atomic mass is 16.5. The summed E-state index contributed by atoms with van der Waals surface area (Å²) in [7, 11) is 0.855. The predicted molar refractivity (Wildman–Crippen MR) is 100 cm³/mol. The Bertz CT molecular complexity index is 727. The minimum Gasteiger partial charge on any atom is -0.494 e. The van der Waals surface area contributed by atoms with Crippen molar-refractivity contribution in [2.24, 2.45) is 0 Å². The molecule has 2 N–H and O–H groups in total. The maximum Gasteiger partial charge on any atom is 0.332 e. The van der Waals surface area contributed by atoms with E-state index in [1.165, 1.54) is 0 Å². The van der Waals surface area contributed by atoms with Gasteiger partial charge >= 0.3 is 7.48 Å². The maximum atomic E-state index is 9.33. The summed E-state index contributed by atoms with van der Waals surface area (Å²) in [5.41, 5.74) is 2.31. The Morgan fingerprint density at radius 1 is 0.920 bits per heavy atom. The van der Waals surface area contributed by atoms with Crippen LogP contribution in [0.1, 0.15) is 18.1 Å². The van der Waals surface area contributed by atoms with Crippen LogP contribution in [-0.2, 0) is 22.7 Å². The second-order valence-corrected chi connectivity index (χ2v) is 5.41. The minimum absolute atomic E-state index is 0.0986. The number of nitrogens with one attached hydrogen (secondary N) is 1. The number of ether oxygens (including phenoxy) is 2. The molecule has 5 heteroatoms. The summed E-state index contributed by atoms with van der Waals surface area (Å²) in [6.45, 7) is 2.57. The van der Waals surface area contributed by atoms with Crippen LogP contribution in [-0.4, -0.2) is 18.4 Å².